The Kier molecular flexibility index (Phi) is 3.33. The number of halogens is 1. The van der Waals surface area contributed by atoms with Gasteiger partial charge in [-0.2, -0.15) is 0 Å². The van der Waals surface area contributed by atoms with Crippen molar-refractivity contribution in [2.75, 3.05) is 11.9 Å². The van der Waals surface area contributed by atoms with Crippen molar-refractivity contribution in [3.63, 3.8) is 0 Å². The Hall–Kier alpha value is -1.69. The second kappa shape index (κ2) is 5.01. The number of carbonyl (C=O) groups excluding carboxylic acids is 1. The van der Waals surface area contributed by atoms with Gasteiger partial charge in [0.25, 0.3) is 0 Å². The van der Waals surface area contributed by atoms with Crippen molar-refractivity contribution >= 4 is 39.9 Å². The number of amides is 1. The van der Waals surface area contributed by atoms with Gasteiger partial charge >= 0.3 is 0 Å². The Morgan fingerprint density at radius 1 is 1.20 bits per heavy atom. The lowest BCUT2D eigenvalue weighted by Gasteiger charge is -2.13. The van der Waals surface area contributed by atoms with E-state index in [9.17, 15) is 4.79 Å². The van der Waals surface area contributed by atoms with Crippen LogP contribution in [0.1, 0.15) is 17.0 Å². The van der Waals surface area contributed by atoms with Gasteiger partial charge in [0, 0.05) is 16.3 Å². The number of benzene rings is 2. The second-order valence-electron chi connectivity index (χ2n) is 4.81. The molecule has 0 aromatic heterocycles. The van der Waals surface area contributed by atoms with Crippen molar-refractivity contribution in [3.8, 4) is 0 Å². The standard InChI is InChI=1S/C16H13IN2O/c1-19-13-8-3-2-7-12(13)14(16(19)20)15(18)10-5-4-6-11(17)9-10/h2-9,14,18H,1H3. The lowest BCUT2D eigenvalue weighted by Crippen LogP contribution is -2.28. The molecule has 2 aromatic carbocycles. The van der Waals surface area contributed by atoms with Gasteiger partial charge < -0.3 is 10.3 Å². The molecule has 3 rings (SSSR count). The summed E-state index contributed by atoms with van der Waals surface area (Å²) in [6, 6.07) is 15.4. The van der Waals surface area contributed by atoms with E-state index in [-0.39, 0.29) is 5.91 Å². The third-order valence-electron chi connectivity index (χ3n) is 3.61. The summed E-state index contributed by atoms with van der Waals surface area (Å²) in [5, 5.41) is 8.42. The molecule has 1 unspecified atom stereocenters. The van der Waals surface area contributed by atoms with Crippen LogP contribution in [0.3, 0.4) is 0 Å². The monoisotopic (exact) mass is 376 g/mol. The number of rotatable bonds is 2. The largest absolute Gasteiger partial charge is 0.314 e. The Balaban J connectivity index is 2.07. The van der Waals surface area contributed by atoms with Gasteiger partial charge in [0.05, 0.1) is 5.71 Å². The van der Waals surface area contributed by atoms with Gasteiger partial charge in [0.2, 0.25) is 5.91 Å². The van der Waals surface area contributed by atoms with Crippen LogP contribution in [0.2, 0.25) is 0 Å². The summed E-state index contributed by atoms with van der Waals surface area (Å²) in [5.41, 5.74) is 2.99. The molecule has 0 aliphatic carbocycles. The normalized spacial score (nSPS) is 17.2. The summed E-state index contributed by atoms with van der Waals surface area (Å²) in [6.07, 6.45) is 0. The number of anilines is 1. The van der Waals surface area contributed by atoms with Crippen LogP contribution in [0.5, 0.6) is 0 Å². The number of carbonyl (C=O) groups is 1. The minimum Gasteiger partial charge on any atom is -0.314 e. The average Bonchev–Trinajstić information content (AvgIpc) is 2.71. The Labute approximate surface area is 131 Å². The predicted molar refractivity (Wildman–Crippen MR) is 88.6 cm³/mol. The van der Waals surface area contributed by atoms with Crippen molar-refractivity contribution in [3.05, 3.63) is 63.2 Å². The molecule has 2 aromatic rings. The average molecular weight is 376 g/mol. The fourth-order valence-corrected chi connectivity index (χ4v) is 3.13. The fraction of sp³-hybridized carbons (Fsp3) is 0.125. The summed E-state index contributed by atoms with van der Waals surface area (Å²) >= 11 is 2.22. The predicted octanol–water partition coefficient (Wildman–Crippen LogP) is 3.42. The van der Waals surface area contributed by atoms with Crippen molar-refractivity contribution in [2.24, 2.45) is 0 Å². The molecule has 1 N–H and O–H groups in total. The first-order valence-corrected chi connectivity index (χ1v) is 7.38. The highest BCUT2D eigenvalue weighted by Crippen LogP contribution is 2.37. The van der Waals surface area contributed by atoms with Gasteiger partial charge in [-0.05, 0) is 51.9 Å². The third kappa shape index (κ3) is 2.04. The topological polar surface area (TPSA) is 44.2 Å². The molecule has 0 spiro atoms. The van der Waals surface area contributed by atoms with E-state index in [1.54, 1.807) is 11.9 Å². The molecule has 0 radical (unpaired) electrons. The summed E-state index contributed by atoms with van der Waals surface area (Å²) in [4.78, 5) is 14.1. The lowest BCUT2D eigenvalue weighted by molar-refractivity contribution is -0.117. The highest BCUT2D eigenvalue weighted by atomic mass is 127. The minimum atomic E-state index is -0.491. The van der Waals surface area contributed by atoms with Gasteiger partial charge in [-0.1, -0.05) is 30.3 Å². The summed E-state index contributed by atoms with van der Waals surface area (Å²) < 4.78 is 1.07. The van der Waals surface area contributed by atoms with Crippen LogP contribution in [-0.2, 0) is 4.79 Å². The Bertz CT molecular complexity index is 711. The number of para-hydroxylation sites is 1. The molecule has 0 saturated carbocycles. The van der Waals surface area contributed by atoms with Gasteiger partial charge in [0.15, 0.2) is 0 Å². The van der Waals surface area contributed by atoms with Crippen LogP contribution < -0.4 is 4.90 Å². The molecule has 1 heterocycles. The molecule has 20 heavy (non-hydrogen) atoms. The number of hydrogen-bond acceptors (Lipinski definition) is 2. The van der Waals surface area contributed by atoms with E-state index in [1.807, 2.05) is 48.5 Å². The zero-order valence-electron chi connectivity index (χ0n) is 10.9. The van der Waals surface area contributed by atoms with Crippen molar-refractivity contribution < 1.29 is 4.79 Å². The second-order valence-corrected chi connectivity index (χ2v) is 6.06. The van der Waals surface area contributed by atoms with E-state index >= 15 is 0 Å². The molecule has 0 saturated heterocycles. The van der Waals surface area contributed by atoms with E-state index in [0.717, 1.165) is 20.4 Å². The molecular weight excluding hydrogens is 363 g/mol. The fourth-order valence-electron chi connectivity index (χ4n) is 2.58. The van der Waals surface area contributed by atoms with E-state index in [0.29, 0.717) is 5.71 Å². The minimum absolute atomic E-state index is 0.0324. The highest BCUT2D eigenvalue weighted by Gasteiger charge is 2.38. The maximum absolute atomic E-state index is 12.4. The van der Waals surface area contributed by atoms with E-state index in [1.165, 1.54) is 0 Å². The molecule has 0 fully saturated rings. The van der Waals surface area contributed by atoms with Gasteiger partial charge in [-0.25, -0.2) is 0 Å². The first kappa shape index (κ1) is 13.3. The Morgan fingerprint density at radius 2 is 1.95 bits per heavy atom. The number of fused-ring (bicyclic) bond motifs is 1. The maximum Gasteiger partial charge on any atom is 0.240 e. The van der Waals surface area contributed by atoms with Crippen molar-refractivity contribution in [2.45, 2.75) is 5.92 Å². The zero-order chi connectivity index (χ0) is 14.3. The van der Waals surface area contributed by atoms with Crippen LogP contribution in [0.25, 0.3) is 0 Å². The van der Waals surface area contributed by atoms with Gasteiger partial charge in [-0.15, -0.1) is 0 Å². The molecular formula is C16H13IN2O. The molecule has 4 heteroatoms. The van der Waals surface area contributed by atoms with Gasteiger partial charge in [0.1, 0.15) is 5.92 Å². The van der Waals surface area contributed by atoms with Crippen molar-refractivity contribution in [1.82, 2.24) is 0 Å². The summed E-state index contributed by atoms with van der Waals surface area (Å²) in [6.45, 7) is 0. The molecule has 1 amide bonds. The maximum atomic E-state index is 12.4. The molecule has 3 nitrogen and oxygen atoms in total. The Morgan fingerprint density at radius 3 is 2.70 bits per heavy atom. The first-order chi connectivity index (χ1) is 9.59. The zero-order valence-corrected chi connectivity index (χ0v) is 13.1. The number of hydrogen-bond donors (Lipinski definition) is 1. The molecule has 100 valence electrons. The van der Waals surface area contributed by atoms with E-state index in [2.05, 4.69) is 22.6 Å². The van der Waals surface area contributed by atoms with Crippen LogP contribution in [0, 0.1) is 8.98 Å². The van der Waals surface area contributed by atoms with Crippen LogP contribution in [-0.4, -0.2) is 18.7 Å². The molecule has 0 bridgehead atoms. The smallest absolute Gasteiger partial charge is 0.240 e. The van der Waals surface area contributed by atoms with Gasteiger partial charge in [-0.3, -0.25) is 4.79 Å². The first-order valence-electron chi connectivity index (χ1n) is 6.30. The van der Waals surface area contributed by atoms with Crippen LogP contribution in [0.4, 0.5) is 5.69 Å². The third-order valence-corrected chi connectivity index (χ3v) is 4.28. The quantitative estimate of drug-likeness (QED) is 0.634. The number of nitrogens with one attached hydrogen (secondary N) is 1. The van der Waals surface area contributed by atoms with Crippen LogP contribution in [0.15, 0.2) is 48.5 Å². The van der Waals surface area contributed by atoms with E-state index < -0.39 is 5.92 Å². The van der Waals surface area contributed by atoms with E-state index in [4.69, 9.17) is 5.41 Å². The van der Waals surface area contributed by atoms with Crippen molar-refractivity contribution in [1.29, 1.82) is 5.41 Å². The van der Waals surface area contributed by atoms with Crippen LogP contribution >= 0.6 is 22.6 Å². The summed E-state index contributed by atoms with van der Waals surface area (Å²) in [7, 11) is 1.77. The number of nitrogens with zero attached hydrogens (tertiary/aromatic N) is 1. The highest BCUT2D eigenvalue weighted by molar-refractivity contribution is 14.1. The molecule has 1 aliphatic rings. The number of likely N-dealkylation sites (N-methyl/N-ethyl adjacent to an activating group) is 1. The lowest BCUT2D eigenvalue weighted by atomic mass is 9.91. The molecule has 1 aliphatic heterocycles. The summed E-state index contributed by atoms with van der Waals surface area (Å²) in [5.74, 6) is -0.524. The molecule has 1 atom stereocenters. The SMILES string of the molecule is CN1C(=O)C(C(=N)c2cccc(I)c2)c2ccccc21.